The number of fused-ring (bicyclic) bond motifs is 3. The summed E-state index contributed by atoms with van der Waals surface area (Å²) >= 11 is 0. The number of halogens is 1. The van der Waals surface area contributed by atoms with Crippen LogP contribution in [0.2, 0.25) is 0 Å². The predicted octanol–water partition coefficient (Wildman–Crippen LogP) is 3.98. The van der Waals surface area contributed by atoms with Crippen LogP contribution >= 0.6 is 0 Å². The number of aryl methyl sites for hydroxylation is 1. The highest BCUT2D eigenvalue weighted by Gasteiger charge is 2.22. The summed E-state index contributed by atoms with van der Waals surface area (Å²) in [5.41, 5.74) is 5.57. The highest BCUT2D eigenvalue weighted by molar-refractivity contribution is 6.15. The molecule has 2 aromatic carbocycles. The van der Waals surface area contributed by atoms with Gasteiger partial charge in [0.05, 0.1) is 23.6 Å². The van der Waals surface area contributed by atoms with Crippen molar-refractivity contribution < 1.29 is 4.39 Å². The van der Waals surface area contributed by atoms with E-state index in [1.165, 1.54) is 6.07 Å². The summed E-state index contributed by atoms with van der Waals surface area (Å²) in [6, 6.07) is 14.8. The van der Waals surface area contributed by atoms with Gasteiger partial charge in [-0.2, -0.15) is 0 Å². The van der Waals surface area contributed by atoms with Crippen LogP contribution in [0, 0.1) is 19.7 Å². The summed E-state index contributed by atoms with van der Waals surface area (Å²) in [7, 11) is 0. The van der Waals surface area contributed by atoms with Gasteiger partial charge < -0.3 is 0 Å². The van der Waals surface area contributed by atoms with Gasteiger partial charge in [-0.25, -0.2) is 9.37 Å². The number of hydrogen-bond acceptors (Lipinski definition) is 2. The first-order valence-electron chi connectivity index (χ1n) is 7.60. The van der Waals surface area contributed by atoms with Gasteiger partial charge in [-0.15, -0.1) is 0 Å². The van der Waals surface area contributed by atoms with E-state index in [4.69, 9.17) is 4.99 Å². The Morgan fingerprint density at radius 1 is 1.04 bits per heavy atom. The second kappa shape index (κ2) is 5.16. The van der Waals surface area contributed by atoms with Crippen molar-refractivity contribution in [2.24, 2.45) is 4.99 Å². The Balaban J connectivity index is 2.02. The number of aliphatic imine (C=N–C) groups is 1. The molecule has 1 aliphatic heterocycles. The number of aromatic nitrogens is 2. The topological polar surface area (TPSA) is 30.2 Å². The van der Waals surface area contributed by atoms with Gasteiger partial charge in [0.1, 0.15) is 11.6 Å². The molecule has 0 amide bonds. The fraction of sp³-hybridized carbons (Fsp3) is 0.158. The molecule has 3 nitrogen and oxygen atoms in total. The second-order valence-electron chi connectivity index (χ2n) is 5.73. The highest BCUT2D eigenvalue weighted by atomic mass is 19.1. The summed E-state index contributed by atoms with van der Waals surface area (Å²) in [4.78, 5) is 9.36. The van der Waals surface area contributed by atoms with Crippen LogP contribution < -0.4 is 0 Å². The second-order valence-corrected chi connectivity index (χ2v) is 5.73. The van der Waals surface area contributed by atoms with Gasteiger partial charge in [-0.1, -0.05) is 30.3 Å². The average Bonchev–Trinajstić information content (AvgIpc) is 2.75. The minimum atomic E-state index is -0.259. The molecule has 1 aromatic heterocycles. The van der Waals surface area contributed by atoms with Gasteiger partial charge in [0.15, 0.2) is 0 Å². The lowest BCUT2D eigenvalue weighted by Crippen LogP contribution is -2.08. The fourth-order valence-electron chi connectivity index (χ4n) is 3.08. The zero-order valence-electron chi connectivity index (χ0n) is 13.0. The lowest BCUT2D eigenvalue weighted by Gasteiger charge is -2.13. The number of imidazole rings is 1. The molecule has 0 saturated carbocycles. The van der Waals surface area contributed by atoms with Crippen molar-refractivity contribution in [2.75, 3.05) is 0 Å². The number of rotatable bonds is 1. The normalized spacial score (nSPS) is 13.1. The molecule has 0 fully saturated rings. The maximum Gasteiger partial charge on any atom is 0.135 e. The zero-order chi connectivity index (χ0) is 16.0. The van der Waals surface area contributed by atoms with Crippen LogP contribution in [0.4, 0.5) is 4.39 Å². The van der Waals surface area contributed by atoms with Crippen LogP contribution in [0.5, 0.6) is 0 Å². The van der Waals surface area contributed by atoms with Gasteiger partial charge in [-0.05, 0) is 32.0 Å². The molecular formula is C19H16FN3. The molecule has 0 atom stereocenters. The van der Waals surface area contributed by atoms with E-state index < -0.39 is 0 Å². The molecule has 3 aromatic rings. The highest BCUT2D eigenvalue weighted by Crippen LogP contribution is 2.28. The Labute approximate surface area is 134 Å². The van der Waals surface area contributed by atoms with Crippen LogP contribution in [-0.2, 0) is 6.54 Å². The maximum atomic E-state index is 13.9. The minimum Gasteiger partial charge on any atom is -0.298 e. The van der Waals surface area contributed by atoms with Crippen molar-refractivity contribution in [2.45, 2.75) is 20.4 Å². The third-order valence-corrected chi connectivity index (χ3v) is 4.29. The number of benzene rings is 2. The Morgan fingerprint density at radius 3 is 2.61 bits per heavy atom. The van der Waals surface area contributed by atoms with Crippen LogP contribution in [-0.4, -0.2) is 15.3 Å². The molecule has 0 spiro atoms. The van der Waals surface area contributed by atoms with Crippen molar-refractivity contribution in [1.82, 2.24) is 9.55 Å². The fourth-order valence-corrected chi connectivity index (χ4v) is 3.08. The van der Waals surface area contributed by atoms with Crippen LogP contribution in [0.3, 0.4) is 0 Å². The van der Waals surface area contributed by atoms with Gasteiger partial charge in [0, 0.05) is 16.8 Å². The first kappa shape index (κ1) is 13.9. The molecule has 2 heterocycles. The monoisotopic (exact) mass is 305 g/mol. The zero-order valence-corrected chi connectivity index (χ0v) is 13.0. The Bertz CT molecular complexity index is 923. The number of hydrogen-bond donors (Lipinski definition) is 0. The SMILES string of the molecule is Cc1nc2n(c1C)-c1ccc(F)cc1C(c1ccccc1)=NC2. The van der Waals surface area contributed by atoms with Crippen molar-refractivity contribution in [3.63, 3.8) is 0 Å². The first-order valence-corrected chi connectivity index (χ1v) is 7.60. The Morgan fingerprint density at radius 2 is 1.83 bits per heavy atom. The number of nitrogens with zero attached hydrogens (tertiary/aromatic N) is 3. The quantitative estimate of drug-likeness (QED) is 0.669. The van der Waals surface area contributed by atoms with E-state index >= 15 is 0 Å². The van der Waals surface area contributed by atoms with Crippen molar-refractivity contribution in [1.29, 1.82) is 0 Å². The standard InChI is InChI=1S/C19H16FN3/c1-12-13(2)23-17-9-8-15(20)10-16(17)19(21-11-18(23)22-12)14-6-4-3-5-7-14/h3-10H,11H2,1-2H3. The Hall–Kier alpha value is -2.75. The summed E-state index contributed by atoms with van der Waals surface area (Å²) in [6.45, 7) is 4.50. The van der Waals surface area contributed by atoms with Gasteiger partial charge in [0.25, 0.3) is 0 Å². The third-order valence-electron chi connectivity index (χ3n) is 4.29. The molecule has 0 bridgehead atoms. The molecule has 1 aliphatic rings. The van der Waals surface area contributed by atoms with Crippen molar-refractivity contribution in [3.05, 3.63) is 82.7 Å². The van der Waals surface area contributed by atoms with Crippen molar-refractivity contribution >= 4 is 5.71 Å². The van der Waals surface area contributed by atoms with E-state index in [1.54, 1.807) is 6.07 Å². The van der Waals surface area contributed by atoms with E-state index in [2.05, 4.69) is 9.55 Å². The minimum absolute atomic E-state index is 0.259. The van der Waals surface area contributed by atoms with Crippen LogP contribution in [0.1, 0.15) is 28.3 Å². The average molecular weight is 305 g/mol. The van der Waals surface area contributed by atoms with E-state index in [0.717, 1.165) is 39.7 Å². The first-order chi connectivity index (χ1) is 11.1. The summed E-state index contributed by atoms with van der Waals surface area (Å²) in [6.07, 6.45) is 0. The summed E-state index contributed by atoms with van der Waals surface area (Å²) in [5, 5.41) is 0. The van der Waals surface area contributed by atoms with E-state index in [-0.39, 0.29) is 5.82 Å². The lowest BCUT2D eigenvalue weighted by atomic mass is 10.0. The predicted molar refractivity (Wildman–Crippen MR) is 88.8 cm³/mol. The van der Waals surface area contributed by atoms with E-state index in [1.807, 2.05) is 50.2 Å². The smallest absolute Gasteiger partial charge is 0.135 e. The van der Waals surface area contributed by atoms with Crippen molar-refractivity contribution in [3.8, 4) is 5.69 Å². The van der Waals surface area contributed by atoms with E-state index in [0.29, 0.717) is 6.54 Å². The largest absolute Gasteiger partial charge is 0.298 e. The molecule has 0 unspecified atom stereocenters. The molecule has 0 N–H and O–H groups in total. The molecule has 0 saturated heterocycles. The van der Waals surface area contributed by atoms with Crippen LogP contribution in [0.15, 0.2) is 53.5 Å². The Kier molecular flexibility index (Phi) is 3.11. The summed E-state index contributed by atoms with van der Waals surface area (Å²) in [5.74, 6) is 0.629. The third kappa shape index (κ3) is 2.18. The molecule has 4 rings (SSSR count). The summed E-state index contributed by atoms with van der Waals surface area (Å²) < 4.78 is 16.0. The van der Waals surface area contributed by atoms with E-state index in [9.17, 15) is 4.39 Å². The van der Waals surface area contributed by atoms with Gasteiger partial charge in [0.2, 0.25) is 0 Å². The van der Waals surface area contributed by atoms with Gasteiger partial charge >= 0.3 is 0 Å². The molecule has 23 heavy (non-hydrogen) atoms. The van der Waals surface area contributed by atoms with Gasteiger partial charge in [-0.3, -0.25) is 9.56 Å². The lowest BCUT2D eigenvalue weighted by molar-refractivity contribution is 0.627. The van der Waals surface area contributed by atoms with Crippen LogP contribution in [0.25, 0.3) is 5.69 Å². The molecule has 114 valence electrons. The molecule has 4 heteroatoms. The molecule has 0 aliphatic carbocycles. The maximum absolute atomic E-state index is 13.9. The molecular weight excluding hydrogens is 289 g/mol. The molecule has 0 radical (unpaired) electrons.